The van der Waals surface area contributed by atoms with Crippen LogP contribution >= 0.6 is 0 Å². The first-order valence-corrected chi connectivity index (χ1v) is 8.13. The molecule has 0 saturated heterocycles. The lowest BCUT2D eigenvalue weighted by atomic mass is 10.3. The highest BCUT2D eigenvalue weighted by molar-refractivity contribution is 5.79. The quantitative estimate of drug-likeness (QED) is 0.595. The first kappa shape index (κ1) is 14.4. The van der Waals surface area contributed by atoms with Crippen molar-refractivity contribution in [2.24, 2.45) is 0 Å². The molecular formula is C17H25N3O. The van der Waals surface area contributed by atoms with E-state index in [1.807, 2.05) is 12.1 Å². The summed E-state index contributed by atoms with van der Waals surface area (Å²) in [7, 11) is 0. The lowest BCUT2D eigenvalue weighted by Crippen LogP contribution is -2.06. The van der Waals surface area contributed by atoms with E-state index in [0.717, 1.165) is 43.8 Å². The van der Waals surface area contributed by atoms with Gasteiger partial charge in [0.1, 0.15) is 5.82 Å². The summed E-state index contributed by atoms with van der Waals surface area (Å²) in [5.74, 6) is 1.89. The standard InChI is InChI=1S/C17H25N3O/c1-2-3-10-21-11-4-9-20-16-8-7-14(18)12-15(16)19-17(20)13-5-6-13/h7-8,12-13H,2-6,9-11,18H2,1H3. The molecule has 0 aliphatic heterocycles. The van der Waals surface area contributed by atoms with Gasteiger partial charge in [0.25, 0.3) is 0 Å². The minimum atomic E-state index is 0.652. The topological polar surface area (TPSA) is 53.1 Å². The average Bonchev–Trinajstić information content (AvgIpc) is 3.25. The van der Waals surface area contributed by atoms with E-state index >= 15 is 0 Å². The first-order chi connectivity index (χ1) is 10.3. The number of hydrogen-bond acceptors (Lipinski definition) is 3. The summed E-state index contributed by atoms with van der Waals surface area (Å²) >= 11 is 0. The molecule has 114 valence electrons. The number of nitrogen functional groups attached to an aromatic ring is 1. The molecular weight excluding hydrogens is 262 g/mol. The molecule has 0 amide bonds. The predicted molar refractivity (Wildman–Crippen MR) is 86.5 cm³/mol. The van der Waals surface area contributed by atoms with Gasteiger partial charge in [0.15, 0.2) is 0 Å². The second kappa shape index (κ2) is 6.48. The van der Waals surface area contributed by atoms with E-state index in [1.165, 1.54) is 30.6 Å². The molecule has 0 radical (unpaired) electrons. The Hall–Kier alpha value is -1.55. The molecule has 1 fully saturated rings. The van der Waals surface area contributed by atoms with Crippen molar-refractivity contribution < 1.29 is 4.74 Å². The second-order valence-electron chi connectivity index (χ2n) is 5.96. The van der Waals surface area contributed by atoms with Crippen LogP contribution in [-0.2, 0) is 11.3 Å². The van der Waals surface area contributed by atoms with Crippen LogP contribution in [0.2, 0.25) is 0 Å². The molecule has 4 nitrogen and oxygen atoms in total. The third-order valence-corrected chi connectivity index (χ3v) is 4.06. The molecule has 21 heavy (non-hydrogen) atoms. The molecule has 1 aromatic carbocycles. The molecule has 3 rings (SSSR count). The zero-order valence-corrected chi connectivity index (χ0v) is 12.8. The van der Waals surface area contributed by atoms with E-state index in [4.69, 9.17) is 15.5 Å². The van der Waals surface area contributed by atoms with Gasteiger partial charge in [0.05, 0.1) is 11.0 Å². The van der Waals surface area contributed by atoms with Crippen LogP contribution in [0.25, 0.3) is 11.0 Å². The van der Waals surface area contributed by atoms with Gasteiger partial charge in [0.2, 0.25) is 0 Å². The molecule has 4 heteroatoms. The van der Waals surface area contributed by atoms with Gasteiger partial charge in [-0.1, -0.05) is 13.3 Å². The highest BCUT2D eigenvalue weighted by Gasteiger charge is 2.29. The Morgan fingerprint density at radius 3 is 2.86 bits per heavy atom. The molecule has 1 aliphatic rings. The predicted octanol–water partition coefficient (Wildman–Crippen LogP) is 3.70. The SMILES string of the molecule is CCCCOCCCn1c(C2CC2)nc2cc(N)ccc21. The minimum Gasteiger partial charge on any atom is -0.399 e. The Labute approximate surface area is 126 Å². The summed E-state index contributed by atoms with van der Waals surface area (Å²) in [5, 5.41) is 0. The van der Waals surface area contributed by atoms with Crippen molar-refractivity contribution in [2.75, 3.05) is 18.9 Å². The van der Waals surface area contributed by atoms with Gasteiger partial charge >= 0.3 is 0 Å². The van der Waals surface area contributed by atoms with Crippen LogP contribution in [0.4, 0.5) is 5.69 Å². The van der Waals surface area contributed by atoms with E-state index in [1.54, 1.807) is 0 Å². The Morgan fingerprint density at radius 1 is 1.29 bits per heavy atom. The van der Waals surface area contributed by atoms with Crippen LogP contribution in [0.3, 0.4) is 0 Å². The number of nitrogens with two attached hydrogens (primary N) is 1. The van der Waals surface area contributed by atoms with E-state index in [-0.39, 0.29) is 0 Å². The number of nitrogens with zero attached hydrogens (tertiary/aromatic N) is 2. The monoisotopic (exact) mass is 287 g/mol. The van der Waals surface area contributed by atoms with Crippen molar-refractivity contribution in [3.8, 4) is 0 Å². The third kappa shape index (κ3) is 3.38. The van der Waals surface area contributed by atoms with Crippen molar-refractivity contribution in [2.45, 2.75) is 51.5 Å². The molecule has 1 aromatic heterocycles. The smallest absolute Gasteiger partial charge is 0.112 e. The molecule has 0 bridgehead atoms. The lowest BCUT2D eigenvalue weighted by Gasteiger charge is -2.09. The summed E-state index contributed by atoms with van der Waals surface area (Å²) in [6, 6.07) is 6.05. The molecule has 1 heterocycles. The summed E-state index contributed by atoms with van der Waals surface area (Å²) < 4.78 is 8.04. The Kier molecular flexibility index (Phi) is 4.44. The number of aromatic nitrogens is 2. The molecule has 1 saturated carbocycles. The zero-order chi connectivity index (χ0) is 14.7. The number of imidazole rings is 1. The highest BCUT2D eigenvalue weighted by Crippen LogP contribution is 2.40. The van der Waals surface area contributed by atoms with Crippen LogP contribution in [0, 0.1) is 0 Å². The molecule has 1 aliphatic carbocycles. The summed E-state index contributed by atoms with van der Waals surface area (Å²) in [6.45, 7) is 4.89. The van der Waals surface area contributed by atoms with Gasteiger partial charge in [-0.3, -0.25) is 0 Å². The number of unbranched alkanes of at least 4 members (excludes halogenated alkanes) is 1. The van der Waals surface area contributed by atoms with E-state index in [2.05, 4.69) is 17.6 Å². The summed E-state index contributed by atoms with van der Waals surface area (Å²) in [6.07, 6.45) is 5.93. The normalized spacial score (nSPS) is 14.9. The van der Waals surface area contributed by atoms with Crippen molar-refractivity contribution in [1.82, 2.24) is 9.55 Å². The van der Waals surface area contributed by atoms with Gasteiger partial charge in [-0.25, -0.2) is 4.98 Å². The largest absolute Gasteiger partial charge is 0.399 e. The lowest BCUT2D eigenvalue weighted by molar-refractivity contribution is 0.126. The van der Waals surface area contributed by atoms with E-state index in [9.17, 15) is 0 Å². The fourth-order valence-electron chi connectivity index (χ4n) is 2.73. The Balaban J connectivity index is 1.69. The van der Waals surface area contributed by atoms with Gasteiger partial charge in [-0.15, -0.1) is 0 Å². The maximum atomic E-state index is 5.87. The third-order valence-electron chi connectivity index (χ3n) is 4.06. The minimum absolute atomic E-state index is 0.652. The van der Waals surface area contributed by atoms with Gasteiger partial charge in [-0.05, 0) is 43.9 Å². The second-order valence-corrected chi connectivity index (χ2v) is 5.96. The van der Waals surface area contributed by atoms with Gasteiger partial charge in [0, 0.05) is 31.4 Å². The Bertz CT molecular complexity index is 601. The molecule has 2 N–H and O–H groups in total. The van der Waals surface area contributed by atoms with Crippen LogP contribution < -0.4 is 5.73 Å². The van der Waals surface area contributed by atoms with Crippen molar-refractivity contribution in [1.29, 1.82) is 0 Å². The van der Waals surface area contributed by atoms with Crippen molar-refractivity contribution in [3.63, 3.8) is 0 Å². The molecule has 0 spiro atoms. The molecule has 2 aromatic rings. The van der Waals surface area contributed by atoms with E-state index < -0.39 is 0 Å². The number of ether oxygens (including phenoxy) is 1. The molecule has 0 atom stereocenters. The van der Waals surface area contributed by atoms with Gasteiger partial charge < -0.3 is 15.0 Å². The number of hydrogen-bond donors (Lipinski definition) is 1. The van der Waals surface area contributed by atoms with Crippen LogP contribution in [0.1, 0.15) is 50.8 Å². The van der Waals surface area contributed by atoms with Crippen molar-refractivity contribution >= 4 is 16.7 Å². The Morgan fingerprint density at radius 2 is 2.10 bits per heavy atom. The van der Waals surface area contributed by atoms with Crippen LogP contribution in [0.5, 0.6) is 0 Å². The fraction of sp³-hybridized carbons (Fsp3) is 0.588. The number of fused-ring (bicyclic) bond motifs is 1. The highest BCUT2D eigenvalue weighted by atomic mass is 16.5. The number of benzene rings is 1. The zero-order valence-electron chi connectivity index (χ0n) is 12.8. The molecule has 0 unspecified atom stereocenters. The fourth-order valence-corrected chi connectivity index (χ4v) is 2.73. The average molecular weight is 287 g/mol. The van der Waals surface area contributed by atoms with Crippen LogP contribution in [0.15, 0.2) is 18.2 Å². The number of anilines is 1. The number of aryl methyl sites for hydroxylation is 1. The summed E-state index contributed by atoms with van der Waals surface area (Å²) in [4.78, 5) is 4.81. The summed E-state index contributed by atoms with van der Waals surface area (Å²) in [5.41, 5.74) is 8.90. The van der Waals surface area contributed by atoms with Crippen LogP contribution in [-0.4, -0.2) is 22.8 Å². The number of rotatable bonds is 8. The van der Waals surface area contributed by atoms with Gasteiger partial charge in [-0.2, -0.15) is 0 Å². The maximum Gasteiger partial charge on any atom is 0.112 e. The van der Waals surface area contributed by atoms with E-state index in [0.29, 0.717) is 5.92 Å². The van der Waals surface area contributed by atoms with Crippen molar-refractivity contribution in [3.05, 3.63) is 24.0 Å². The maximum absolute atomic E-state index is 5.87. The first-order valence-electron chi connectivity index (χ1n) is 8.13.